The van der Waals surface area contributed by atoms with Gasteiger partial charge in [-0.1, -0.05) is 30.3 Å². The van der Waals surface area contributed by atoms with Crippen LogP contribution in [-0.4, -0.2) is 10.9 Å². The number of Topliss-reactive ketones (excluding diaryl/α,β-unsaturated/α-hetero) is 1. The Hall–Kier alpha value is -2.61. The van der Waals surface area contributed by atoms with Crippen LogP contribution in [0.2, 0.25) is 0 Å². The SMILES string of the molecule is O=C1/C(=C/C2=CCc3ccccc32)Cc2cc(O)ccc21. The molecule has 0 heterocycles. The molecule has 0 amide bonds. The zero-order valence-electron chi connectivity index (χ0n) is 11.5. The van der Waals surface area contributed by atoms with Gasteiger partial charge < -0.3 is 5.11 Å². The van der Waals surface area contributed by atoms with Crippen molar-refractivity contribution in [1.82, 2.24) is 0 Å². The molecular weight excluding hydrogens is 260 g/mol. The van der Waals surface area contributed by atoms with Gasteiger partial charge in [0, 0.05) is 17.6 Å². The standard InChI is InChI=1S/C19H14O2/c20-16-7-8-18-14(11-16)10-15(19(18)21)9-13-6-5-12-3-1-2-4-17(12)13/h1-4,6-9,11,20H,5,10H2/b15-9+. The van der Waals surface area contributed by atoms with Crippen LogP contribution in [0.5, 0.6) is 5.75 Å². The zero-order chi connectivity index (χ0) is 14.4. The summed E-state index contributed by atoms with van der Waals surface area (Å²) in [6, 6.07) is 13.3. The van der Waals surface area contributed by atoms with Crippen molar-refractivity contribution in [2.45, 2.75) is 12.8 Å². The lowest BCUT2D eigenvalue weighted by Gasteiger charge is -2.02. The maximum absolute atomic E-state index is 12.4. The fourth-order valence-electron chi connectivity index (χ4n) is 3.16. The first-order valence-electron chi connectivity index (χ1n) is 7.08. The summed E-state index contributed by atoms with van der Waals surface area (Å²) in [5, 5.41) is 9.54. The first-order valence-corrected chi connectivity index (χ1v) is 7.08. The third kappa shape index (κ3) is 1.91. The minimum atomic E-state index is 0.0790. The molecular formula is C19H14O2. The molecule has 0 fully saturated rings. The van der Waals surface area contributed by atoms with Crippen molar-refractivity contribution < 1.29 is 9.90 Å². The molecule has 0 aromatic heterocycles. The number of phenolic OH excluding ortho intramolecular Hbond substituents is 1. The van der Waals surface area contributed by atoms with Crippen molar-refractivity contribution in [1.29, 1.82) is 0 Å². The van der Waals surface area contributed by atoms with E-state index in [-0.39, 0.29) is 11.5 Å². The first-order chi connectivity index (χ1) is 10.2. The van der Waals surface area contributed by atoms with Gasteiger partial charge in [-0.25, -0.2) is 0 Å². The number of aromatic hydroxyl groups is 1. The van der Waals surface area contributed by atoms with E-state index in [4.69, 9.17) is 0 Å². The first kappa shape index (κ1) is 12.2. The van der Waals surface area contributed by atoms with E-state index in [2.05, 4.69) is 18.2 Å². The maximum atomic E-state index is 12.4. The molecule has 2 aromatic carbocycles. The molecule has 21 heavy (non-hydrogen) atoms. The molecule has 2 heteroatoms. The lowest BCUT2D eigenvalue weighted by molar-refractivity contribution is 0.103. The van der Waals surface area contributed by atoms with E-state index in [0.29, 0.717) is 12.0 Å². The number of fused-ring (bicyclic) bond motifs is 2. The van der Waals surface area contributed by atoms with E-state index in [1.165, 1.54) is 11.1 Å². The van der Waals surface area contributed by atoms with Crippen LogP contribution >= 0.6 is 0 Å². The van der Waals surface area contributed by atoms with Crippen molar-refractivity contribution in [2.24, 2.45) is 0 Å². The Morgan fingerprint density at radius 1 is 1.00 bits per heavy atom. The monoisotopic (exact) mass is 274 g/mol. The summed E-state index contributed by atoms with van der Waals surface area (Å²) in [6.45, 7) is 0. The van der Waals surface area contributed by atoms with Gasteiger partial charge in [-0.15, -0.1) is 0 Å². The van der Waals surface area contributed by atoms with E-state index >= 15 is 0 Å². The number of ketones is 1. The normalized spacial score (nSPS) is 17.8. The van der Waals surface area contributed by atoms with Gasteiger partial charge in [0.25, 0.3) is 0 Å². The second-order valence-electron chi connectivity index (χ2n) is 5.54. The lowest BCUT2D eigenvalue weighted by Crippen LogP contribution is -1.95. The van der Waals surface area contributed by atoms with Crippen LogP contribution in [0.25, 0.3) is 5.57 Å². The number of hydrogen-bond acceptors (Lipinski definition) is 2. The number of carbonyl (C=O) groups is 1. The van der Waals surface area contributed by atoms with E-state index in [1.54, 1.807) is 18.2 Å². The van der Waals surface area contributed by atoms with E-state index in [0.717, 1.165) is 23.1 Å². The summed E-state index contributed by atoms with van der Waals surface area (Å²) in [5.74, 6) is 0.295. The van der Waals surface area contributed by atoms with Crippen molar-refractivity contribution in [3.8, 4) is 5.75 Å². The van der Waals surface area contributed by atoms with Gasteiger partial charge in [0.2, 0.25) is 0 Å². The highest BCUT2D eigenvalue weighted by Crippen LogP contribution is 2.34. The van der Waals surface area contributed by atoms with Gasteiger partial charge in [0.05, 0.1) is 0 Å². The van der Waals surface area contributed by atoms with Gasteiger partial charge in [-0.3, -0.25) is 4.79 Å². The molecule has 0 aliphatic heterocycles. The minimum absolute atomic E-state index is 0.0790. The van der Waals surface area contributed by atoms with E-state index in [9.17, 15) is 9.90 Å². The molecule has 0 saturated carbocycles. The van der Waals surface area contributed by atoms with Crippen molar-refractivity contribution in [3.63, 3.8) is 0 Å². The second-order valence-corrected chi connectivity index (χ2v) is 5.54. The molecule has 0 atom stereocenters. The highest BCUT2D eigenvalue weighted by Gasteiger charge is 2.25. The number of rotatable bonds is 1. The Morgan fingerprint density at radius 3 is 2.76 bits per heavy atom. The van der Waals surface area contributed by atoms with E-state index in [1.807, 2.05) is 18.2 Å². The van der Waals surface area contributed by atoms with Crippen LogP contribution in [-0.2, 0) is 12.8 Å². The second kappa shape index (κ2) is 4.45. The predicted molar refractivity (Wildman–Crippen MR) is 82.3 cm³/mol. The summed E-state index contributed by atoms with van der Waals surface area (Å²) >= 11 is 0. The highest BCUT2D eigenvalue weighted by molar-refractivity contribution is 6.14. The molecule has 4 rings (SSSR count). The third-order valence-corrected chi connectivity index (χ3v) is 4.21. The summed E-state index contributed by atoms with van der Waals surface area (Å²) in [5.41, 5.74) is 6.09. The topological polar surface area (TPSA) is 37.3 Å². The Bertz CT molecular complexity index is 825. The number of benzene rings is 2. The molecule has 2 aliphatic carbocycles. The quantitative estimate of drug-likeness (QED) is 0.805. The van der Waals surface area contributed by atoms with Crippen LogP contribution in [0.1, 0.15) is 27.0 Å². The maximum Gasteiger partial charge on any atom is 0.189 e. The number of allylic oxidation sites excluding steroid dienone is 4. The largest absolute Gasteiger partial charge is 0.508 e. The van der Waals surface area contributed by atoms with Crippen LogP contribution in [0.15, 0.2) is 60.2 Å². The highest BCUT2D eigenvalue weighted by atomic mass is 16.3. The number of carbonyl (C=O) groups excluding carboxylic acids is 1. The number of hydrogen-bond donors (Lipinski definition) is 1. The van der Waals surface area contributed by atoms with Crippen LogP contribution in [0.3, 0.4) is 0 Å². The Labute approximate surface area is 123 Å². The molecule has 0 unspecified atom stereocenters. The summed E-state index contributed by atoms with van der Waals surface area (Å²) in [6.07, 6.45) is 5.70. The number of phenols is 1. The van der Waals surface area contributed by atoms with Gasteiger partial charge in [-0.2, -0.15) is 0 Å². The molecule has 0 spiro atoms. The Kier molecular flexibility index (Phi) is 2.58. The lowest BCUT2D eigenvalue weighted by atomic mass is 10.0. The Morgan fingerprint density at radius 2 is 1.86 bits per heavy atom. The third-order valence-electron chi connectivity index (χ3n) is 4.21. The van der Waals surface area contributed by atoms with Crippen molar-refractivity contribution in [2.75, 3.05) is 0 Å². The molecule has 2 aromatic rings. The van der Waals surface area contributed by atoms with Gasteiger partial charge >= 0.3 is 0 Å². The predicted octanol–water partition coefficient (Wildman–Crippen LogP) is 3.70. The summed E-state index contributed by atoms with van der Waals surface area (Å²) in [4.78, 5) is 12.4. The smallest absolute Gasteiger partial charge is 0.189 e. The van der Waals surface area contributed by atoms with Crippen molar-refractivity contribution in [3.05, 3.63) is 82.4 Å². The van der Waals surface area contributed by atoms with Gasteiger partial charge in [0.1, 0.15) is 5.75 Å². The minimum Gasteiger partial charge on any atom is -0.508 e. The average molecular weight is 274 g/mol. The molecule has 2 aliphatic rings. The summed E-state index contributed by atoms with van der Waals surface area (Å²) < 4.78 is 0. The van der Waals surface area contributed by atoms with Crippen molar-refractivity contribution >= 4 is 11.4 Å². The van der Waals surface area contributed by atoms with Crippen LogP contribution in [0.4, 0.5) is 0 Å². The summed E-state index contributed by atoms with van der Waals surface area (Å²) in [7, 11) is 0. The van der Waals surface area contributed by atoms with E-state index < -0.39 is 0 Å². The molecule has 0 saturated heterocycles. The molecule has 0 bridgehead atoms. The molecule has 1 N–H and O–H groups in total. The Balaban J connectivity index is 1.72. The van der Waals surface area contributed by atoms with Crippen LogP contribution in [0, 0.1) is 0 Å². The van der Waals surface area contributed by atoms with Gasteiger partial charge in [0.15, 0.2) is 5.78 Å². The molecule has 2 nitrogen and oxygen atoms in total. The zero-order valence-corrected chi connectivity index (χ0v) is 11.5. The fourth-order valence-corrected chi connectivity index (χ4v) is 3.16. The molecule has 0 radical (unpaired) electrons. The van der Waals surface area contributed by atoms with Gasteiger partial charge in [-0.05, 0) is 53.0 Å². The average Bonchev–Trinajstić information content (AvgIpc) is 3.02. The fraction of sp³-hybridized carbons (Fsp3) is 0.105. The van der Waals surface area contributed by atoms with Crippen LogP contribution < -0.4 is 0 Å². The molecule has 102 valence electrons.